The number of nitrogens with one attached hydrogen (secondary N) is 1. The van der Waals surface area contributed by atoms with Crippen LogP contribution in [0.3, 0.4) is 0 Å². The van der Waals surface area contributed by atoms with E-state index in [2.05, 4.69) is 5.32 Å². The van der Waals surface area contributed by atoms with Crippen LogP contribution in [0.25, 0.3) is 0 Å². The van der Waals surface area contributed by atoms with Crippen molar-refractivity contribution >= 4 is 5.91 Å². The summed E-state index contributed by atoms with van der Waals surface area (Å²) < 4.78 is 37.9. The molecule has 0 bridgehead atoms. The van der Waals surface area contributed by atoms with Gasteiger partial charge in [0.15, 0.2) is 0 Å². The van der Waals surface area contributed by atoms with Crippen LogP contribution in [0.5, 0.6) is 0 Å². The molecule has 0 radical (unpaired) electrons. The third-order valence-corrected chi connectivity index (χ3v) is 3.47. The Kier molecular flexibility index (Phi) is 5.42. The van der Waals surface area contributed by atoms with Crippen LogP contribution >= 0.6 is 0 Å². The highest BCUT2D eigenvalue weighted by Crippen LogP contribution is 2.29. The van der Waals surface area contributed by atoms with Gasteiger partial charge in [-0.15, -0.1) is 0 Å². The Morgan fingerprint density at radius 3 is 2.43 bits per heavy atom. The Labute approximate surface area is 133 Å². The Morgan fingerprint density at radius 2 is 1.74 bits per heavy atom. The van der Waals surface area contributed by atoms with Crippen molar-refractivity contribution in [1.82, 2.24) is 5.32 Å². The van der Waals surface area contributed by atoms with E-state index in [1.54, 1.807) is 6.07 Å². The third-order valence-electron chi connectivity index (χ3n) is 3.47. The number of rotatable bonds is 5. The smallest absolute Gasteiger partial charge is 0.352 e. The highest BCUT2D eigenvalue weighted by molar-refractivity contribution is 5.76. The summed E-state index contributed by atoms with van der Waals surface area (Å²) in [5.41, 5.74) is 1.93. The lowest BCUT2D eigenvalue weighted by molar-refractivity contribution is -0.137. The molecule has 0 heterocycles. The van der Waals surface area contributed by atoms with Crippen molar-refractivity contribution in [3.63, 3.8) is 0 Å². The zero-order valence-electron chi connectivity index (χ0n) is 12.8. The number of carbonyl (C=O) groups excluding carboxylic acids is 1. The SMILES string of the molecule is Cc1cccc(CCC(=O)NCc2cccc(C(F)(F)F)c2)c1. The monoisotopic (exact) mass is 321 g/mol. The number of hydrogen-bond donors (Lipinski definition) is 1. The molecule has 0 fully saturated rings. The molecule has 2 rings (SSSR count). The molecule has 0 aromatic heterocycles. The van der Waals surface area contributed by atoms with Gasteiger partial charge in [-0.3, -0.25) is 4.79 Å². The minimum atomic E-state index is -4.37. The van der Waals surface area contributed by atoms with Gasteiger partial charge in [0.05, 0.1) is 5.56 Å². The fraction of sp³-hybridized carbons (Fsp3) is 0.278. The van der Waals surface area contributed by atoms with Crippen LogP contribution in [0.15, 0.2) is 48.5 Å². The molecule has 5 heteroatoms. The van der Waals surface area contributed by atoms with Crippen molar-refractivity contribution in [2.24, 2.45) is 0 Å². The first-order valence-corrected chi connectivity index (χ1v) is 7.33. The molecule has 0 saturated heterocycles. The minimum absolute atomic E-state index is 0.0938. The van der Waals surface area contributed by atoms with Gasteiger partial charge in [-0.1, -0.05) is 42.0 Å². The van der Waals surface area contributed by atoms with Gasteiger partial charge in [0.25, 0.3) is 0 Å². The number of amides is 1. The number of aryl methyl sites for hydroxylation is 2. The van der Waals surface area contributed by atoms with E-state index in [4.69, 9.17) is 0 Å². The summed E-state index contributed by atoms with van der Waals surface area (Å²) in [5, 5.41) is 2.66. The zero-order valence-corrected chi connectivity index (χ0v) is 12.8. The van der Waals surface area contributed by atoms with E-state index in [0.29, 0.717) is 18.4 Å². The first-order chi connectivity index (χ1) is 10.8. The first kappa shape index (κ1) is 17.1. The highest BCUT2D eigenvalue weighted by Gasteiger charge is 2.30. The Bertz CT molecular complexity index is 680. The van der Waals surface area contributed by atoms with Crippen molar-refractivity contribution in [2.45, 2.75) is 32.5 Å². The van der Waals surface area contributed by atoms with Gasteiger partial charge in [0.2, 0.25) is 5.91 Å². The van der Waals surface area contributed by atoms with E-state index >= 15 is 0 Å². The van der Waals surface area contributed by atoms with Crippen molar-refractivity contribution in [3.05, 3.63) is 70.8 Å². The van der Waals surface area contributed by atoms with Crippen LogP contribution in [0.4, 0.5) is 13.2 Å². The van der Waals surface area contributed by atoms with Crippen LogP contribution in [0.2, 0.25) is 0 Å². The Balaban J connectivity index is 1.85. The van der Waals surface area contributed by atoms with Crippen LogP contribution < -0.4 is 5.32 Å². The third kappa shape index (κ3) is 5.43. The van der Waals surface area contributed by atoms with Gasteiger partial charge in [-0.05, 0) is 36.6 Å². The van der Waals surface area contributed by atoms with Crippen molar-refractivity contribution < 1.29 is 18.0 Å². The lowest BCUT2D eigenvalue weighted by Gasteiger charge is -2.10. The topological polar surface area (TPSA) is 29.1 Å². The average molecular weight is 321 g/mol. The average Bonchev–Trinajstić information content (AvgIpc) is 2.50. The predicted octanol–water partition coefficient (Wildman–Crippen LogP) is 4.26. The van der Waals surface area contributed by atoms with E-state index < -0.39 is 11.7 Å². The van der Waals surface area contributed by atoms with Crippen molar-refractivity contribution in [1.29, 1.82) is 0 Å². The van der Waals surface area contributed by atoms with Crippen molar-refractivity contribution in [2.75, 3.05) is 0 Å². The molecule has 2 nitrogen and oxygen atoms in total. The van der Waals surface area contributed by atoms with Crippen LogP contribution in [0, 0.1) is 6.92 Å². The molecule has 0 spiro atoms. The number of alkyl halides is 3. The zero-order chi connectivity index (χ0) is 16.9. The summed E-state index contributed by atoms with van der Waals surface area (Å²) in [6, 6.07) is 12.9. The first-order valence-electron chi connectivity index (χ1n) is 7.33. The molecule has 0 atom stereocenters. The summed E-state index contributed by atoms with van der Waals surface area (Å²) >= 11 is 0. The summed E-state index contributed by atoms with van der Waals surface area (Å²) in [6.07, 6.45) is -3.45. The van der Waals surface area contributed by atoms with Gasteiger partial charge in [-0.2, -0.15) is 13.2 Å². The summed E-state index contributed by atoms with van der Waals surface area (Å²) in [5.74, 6) is -0.177. The van der Waals surface area contributed by atoms with Gasteiger partial charge in [0.1, 0.15) is 0 Å². The molecule has 0 aliphatic heterocycles. The standard InChI is InChI=1S/C18H18F3NO/c1-13-4-2-5-14(10-13)8-9-17(23)22-12-15-6-3-7-16(11-15)18(19,20)21/h2-7,10-11H,8-9,12H2,1H3,(H,22,23). The maximum atomic E-state index is 12.6. The maximum absolute atomic E-state index is 12.6. The van der Waals surface area contributed by atoms with Crippen molar-refractivity contribution in [3.8, 4) is 0 Å². The van der Waals surface area contributed by atoms with E-state index in [-0.39, 0.29) is 12.5 Å². The van der Waals surface area contributed by atoms with Crippen LogP contribution in [-0.4, -0.2) is 5.91 Å². The minimum Gasteiger partial charge on any atom is -0.352 e. The molecule has 1 N–H and O–H groups in total. The quantitative estimate of drug-likeness (QED) is 0.876. The molecule has 0 saturated carbocycles. The second-order valence-electron chi connectivity index (χ2n) is 5.46. The fourth-order valence-electron chi connectivity index (χ4n) is 2.27. The molecule has 122 valence electrons. The molecule has 2 aromatic rings. The largest absolute Gasteiger partial charge is 0.416 e. The van der Waals surface area contributed by atoms with Gasteiger partial charge in [-0.25, -0.2) is 0 Å². The van der Waals surface area contributed by atoms with Gasteiger partial charge >= 0.3 is 6.18 Å². The number of halogens is 3. The Morgan fingerprint density at radius 1 is 1.04 bits per heavy atom. The number of hydrogen-bond acceptors (Lipinski definition) is 1. The lowest BCUT2D eigenvalue weighted by Crippen LogP contribution is -2.23. The molecule has 1 amide bonds. The second-order valence-corrected chi connectivity index (χ2v) is 5.46. The molecule has 0 aliphatic rings. The van der Waals surface area contributed by atoms with E-state index in [9.17, 15) is 18.0 Å². The summed E-state index contributed by atoms with van der Waals surface area (Å²) in [7, 11) is 0. The molecule has 0 aliphatic carbocycles. The molecular formula is C18H18F3NO. The Hall–Kier alpha value is -2.30. The number of benzene rings is 2. The number of carbonyl (C=O) groups is 1. The predicted molar refractivity (Wildman–Crippen MR) is 82.8 cm³/mol. The fourth-order valence-corrected chi connectivity index (χ4v) is 2.27. The maximum Gasteiger partial charge on any atom is 0.416 e. The van der Waals surface area contributed by atoms with E-state index in [0.717, 1.165) is 23.3 Å². The van der Waals surface area contributed by atoms with Crippen LogP contribution in [-0.2, 0) is 23.9 Å². The van der Waals surface area contributed by atoms with Gasteiger partial charge in [0, 0.05) is 13.0 Å². The van der Waals surface area contributed by atoms with E-state index in [1.165, 1.54) is 6.07 Å². The molecule has 2 aromatic carbocycles. The molecule has 0 unspecified atom stereocenters. The molecule has 23 heavy (non-hydrogen) atoms. The van der Waals surface area contributed by atoms with Crippen LogP contribution in [0.1, 0.15) is 28.7 Å². The summed E-state index contributed by atoms with van der Waals surface area (Å²) in [6.45, 7) is 2.08. The lowest BCUT2D eigenvalue weighted by atomic mass is 10.1. The highest BCUT2D eigenvalue weighted by atomic mass is 19.4. The molecular weight excluding hydrogens is 303 g/mol. The summed E-state index contributed by atoms with van der Waals surface area (Å²) in [4.78, 5) is 11.8. The second kappa shape index (κ2) is 7.31. The van der Waals surface area contributed by atoms with Gasteiger partial charge < -0.3 is 5.32 Å². The van der Waals surface area contributed by atoms with E-state index in [1.807, 2.05) is 31.2 Å². The normalized spacial score (nSPS) is 11.3.